The maximum Gasteiger partial charge on any atom is 0.357 e. The molecule has 1 amide bonds. The third kappa shape index (κ3) is 7.43. The standard InChI is InChI=1S/C18H30N2O3S/c1-4-7-9-11-17(21)20(12-10-8-5-2)13-16-19-15(14-24-16)18(22)23-6-3/h14H,4-13H2,1-3H3. The number of rotatable bonds is 12. The third-order valence-electron chi connectivity index (χ3n) is 3.74. The van der Waals surface area contributed by atoms with E-state index in [2.05, 4.69) is 18.8 Å². The zero-order chi connectivity index (χ0) is 17.8. The Balaban J connectivity index is 2.65. The molecule has 0 aromatic carbocycles. The van der Waals surface area contributed by atoms with Gasteiger partial charge >= 0.3 is 5.97 Å². The average molecular weight is 355 g/mol. The van der Waals surface area contributed by atoms with Gasteiger partial charge in [-0.25, -0.2) is 9.78 Å². The fraction of sp³-hybridized carbons (Fsp3) is 0.722. The summed E-state index contributed by atoms with van der Waals surface area (Å²) in [6, 6.07) is 0. The zero-order valence-corrected chi connectivity index (χ0v) is 16.0. The summed E-state index contributed by atoms with van der Waals surface area (Å²) in [5.74, 6) is -0.209. The lowest BCUT2D eigenvalue weighted by atomic mass is 10.2. The van der Waals surface area contributed by atoms with E-state index < -0.39 is 5.97 Å². The van der Waals surface area contributed by atoms with Crippen LogP contribution in [0.3, 0.4) is 0 Å². The summed E-state index contributed by atoms with van der Waals surface area (Å²) in [6.07, 6.45) is 6.97. The van der Waals surface area contributed by atoms with Crippen molar-refractivity contribution in [1.82, 2.24) is 9.88 Å². The number of thiazole rings is 1. The Labute approximate surface area is 149 Å². The first-order chi connectivity index (χ1) is 11.6. The highest BCUT2D eigenvalue weighted by molar-refractivity contribution is 7.09. The summed E-state index contributed by atoms with van der Waals surface area (Å²) in [5, 5.41) is 2.50. The summed E-state index contributed by atoms with van der Waals surface area (Å²) in [4.78, 5) is 30.4. The minimum Gasteiger partial charge on any atom is -0.461 e. The van der Waals surface area contributed by atoms with Gasteiger partial charge in [-0.05, 0) is 19.8 Å². The summed E-state index contributed by atoms with van der Waals surface area (Å²) < 4.78 is 4.96. The van der Waals surface area contributed by atoms with Crippen molar-refractivity contribution in [3.8, 4) is 0 Å². The first kappa shape index (κ1) is 20.6. The molecule has 0 bridgehead atoms. The van der Waals surface area contributed by atoms with Gasteiger partial charge in [-0.15, -0.1) is 11.3 Å². The Morgan fingerprint density at radius 2 is 1.83 bits per heavy atom. The highest BCUT2D eigenvalue weighted by atomic mass is 32.1. The van der Waals surface area contributed by atoms with Crippen molar-refractivity contribution in [2.75, 3.05) is 13.2 Å². The number of unbranched alkanes of at least 4 members (excludes halogenated alkanes) is 4. The highest BCUT2D eigenvalue weighted by Gasteiger charge is 2.17. The number of carbonyl (C=O) groups excluding carboxylic acids is 2. The Morgan fingerprint density at radius 1 is 1.12 bits per heavy atom. The lowest BCUT2D eigenvalue weighted by Crippen LogP contribution is -2.31. The molecular formula is C18H30N2O3S. The van der Waals surface area contributed by atoms with E-state index in [0.717, 1.165) is 50.1 Å². The molecular weight excluding hydrogens is 324 g/mol. The van der Waals surface area contributed by atoms with Crippen molar-refractivity contribution in [3.63, 3.8) is 0 Å². The molecule has 0 fully saturated rings. The fourth-order valence-corrected chi connectivity index (χ4v) is 3.15. The van der Waals surface area contributed by atoms with E-state index in [0.29, 0.717) is 25.3 Å². The minimum atomic E-state index is -0.396. The van der Waals surface area contributed by atoms with Gasteiger partial charge in [0, 0.05) is 18.3 Å². The van der Waals surface area contributed by atoms with Gasteiger partial charge in [0.1, 0.15) is 5.01 Å². The van der Waals surface area contributed by atoms with E-state index in [1.807, 2.05) is 4.90 Å². The molecule has 1 aromatic heterocycles. The second kappa shape index (κ2) is 12.0. The number of aromatic nitrogens is 1. The Hall–Kier alpha value is -1.43. The maximum atomic E-state index is 12.5. The molecule has 0 aliphatic rings. The van der Waals surface area contributed by atoms with E-state index in [-0.39, 0.29) is 5.91 Å². The summed E-state index contributed by atoms with van der Waals surface area (Å²) in [5.41, 5.74) is 0.337. The molecule has 0 unspecified atom stereocenters. The van der Waals surface area contributed by atoms with Gasteiger partial charge in [0.25, 0.3) is 0 Å². The summed E-state index contributed by atoms with van der Waals surface area (Å²) in [6.45, 7) is 7.64. The molecule has 0 radical (unpaired) electrons. The van der Waals surface area contributed by atoms with Crippen LogP contribution in [0.5, 0.6) is 0 Å². The van der Waals surface area contributed by atoms with Crippen molar-refractivity contribution in [1.29, 1.82) is 0 Å². The van der Waals surface area contributed by atoms with Crippen LogP contribution >= 0.6 is 11.3 Å². The van der Waals surface area contributed by atoms with Crippen molar-refractivity contribution in [2.24, 2.45) is 0 Å². The monoisotopic (exact) mass is 354 g/mol. The molecule has 1 aromatic rings. The van der Waals surface area contributed by atoms with Gasteiger partial charge in [0.05, 0.1) is 13.2 Å². The largest absolute Gasteiger partial charge is 0.461 e. The first-order valence-electron chi connectivity index (χ1n) is 9.01. The van der Waals surface area contributed by atoms with Crippen LogP contribution in [0.4, 0.5) is 0 Å². The molecule has 1 heterocycles. The van der Waals surface area contributed by atoms with Crippen LogP contribution in [0.15, 0.2) is 5.38 Å². The minimum absolute atomic E-state index is 0.187. The first-order valence-corrected chi connectivity index (χ1v) is 9.89. The SMILES string of the molecule is CCCCCC(=O)N(CCCCC)Cc1nc(C(=O)OCC)cs1. The normalized spacial score (nSPS) is 10.6. The van der Waals surface area contributed by atoms with Gasteiger partial charge in [0.15, 0.2) is 5.69 Å². The molecule has 0 N–H and O–H groups in total. The average Bonchev–Trinajstić information content (AvgIpc) is 3.03. The fourth-order valence-electron chi connectivity index (χ4n) is 2.37. The predicted octanol–water partition coefficient (Wildman–Crippen LogP) is 4.42. The molecule has 0 atom stereocenters. The van der Waals surface area contributed by atoms with Crippen LogP contribution in [-0.4, -0.2) is 34.9 Å². The molecule has 5 nitrogen and oxygen atoms in total. The number of hydrogen-bond acceptors (Lipinski definition) is 5. The molecule has 6 heteroatoms. The van der Waals surface area contributed by atoms with Crippen molar-refractivity contribution < 1.29 is 14.3 Å². The Bertz CT molecular complexity index is 502. The van der Waals surface area contributed by atoms with Crippen LogP contribution in [0.1, 0.15) is 81.2 Å². The number of nitrogens with zero attached hydrogens (tertiary/aromatic N) is 2. The Morgan fingerprint density at radius 3 is 2.50 bits per heavy atom. The molecule has 0 saturated carbocycles. The predicted molar refractivity (Wildman–Crippen MR) is 97.2 cm³/mol. The van der Waals surface area contributed by atoms with Crippen LogP contribution in [0.2, 0.25) is 0 Å². The van der Waals surface area contributed by atoms with E-state index in [9.17, 15) is 9.59 Å². The van der Waals surface area contributed by atoms with Crippen molar-refractivity contribution in [2.45, 2.75) is 72.3 Å². The van der Waals surface area contributed by atoms with Gasteiger partial charge in [0.2, 0.25) is 5.91 Å². The topological polar surface area (TPSA) is 59.5 Å². The summed E-state index contributed by atoms with van der Waals surface area (Å²) >= 11 is 1.41. The quantitative estimate of drug-likeness (QED) is 0.412. The number of amides is 1. The van der Waals surface area contributed by atoms with Crippen LogP contribution in [0, 0.1) is 0 Å². The van der Waals surface area contributed by atoms with E-state index >= 15 is 0 Å². The molecule has 0 aliphatic heterocycles. The van der Waals surface area contributed by atoms with Gasteiger partial charge in [-0.3, -0.25) is 4.79 Å². The van der Waals surface area contributed by atoms with E-state index in [1.54, 1.807) is 12.3 Å². The van der Waals surface area contributed by atoms with Crippen LogP contribution in [-0.2, 0) is 16.1 Å². The zero-order valence-electron chi connectivity index (χ0n) is 15.2. The second-order valence-corrected chi connectivity index (χ2v) is 6.77. The molecule has 0 aliphatic carbocycles. The molecule has 136 valence electrons. The van der Waals surface area contributed by atoms with Crippen molar-refractivity contribution in [3.05, 3.63) is 16.1 Å². The molecule has 0 saturated heterocycles. The maximum absolute atomic E-state index is 12.5. The molecule has 0 spiro atoms. The van der Waals surface area contributed by atoms with Crippen LogP contribution < -0.4 is 0 Å². The number of hydrogen-bond donors (Lipinski definition) is 0. The van der Waals surface area contributed by atoms with Gasteiger partial charge < -0.3 is 9.64 Å². The lowest BCUT2D eigenvalue weighted by Gasteiger charge is -2.21. The third-order valence-corrected chi connectivity index (χ3v) is 4.57. The number of ether oxygens (including phenoxy) is 1. The van der Waals surface area contributed by atoms with E-state index in [4.69, 9.17) is 4.74 Å². The van der Waals surface area contributed by atoms with Crippen LogP contribution in [0.25, 0.3) is 0 Å². The second-order valence-electron chi connectivity index (χ2n) is 5.83. The highest BCUT2D eigenvalue weighted by Crippen LogP contribution is 2.16. The number of esters is 1. The van der Waals surface area contributed by atoms with E-state index in [1.165, 1.54) is 11.3 Å². The molecule has 1 rings (SSSR count). The smallest absolute Gasteiger partial charge is 0.357 e. The van der Waals surface area contributed by atoms with Gasteiger partial charge in [-0.1, -0.05) is 39.5 Å². The van der Waals surface area contributed by atoms with Gasteiger partial charge in [-0.2, -0.15) is 0 Å². The lowest BCUT2D eigenvalue weighted by molar-refractivity contribution is -0.132. The summed E-state index contributed by atoms with van der Waals surface area (Å²) in [7, 11) is 0. The Kier molecular flexibility index (Phi) is 10.3. The number of carbonyl (C=O) groups is 2. The van der Waals surface area contributed by atoms with Crippen molar-refractivity contribution >= 4 is 23.2 Å². The molecule has 24 heavy (non-hydrogen) atoms.